The average molecular weight is 454 g/mol. The van der Waals surface area contributed by atoms with Crippen LogP contribution in [0.5, 0.6) is 5.75 Å². The van der Waals surface area contributed by atoms with Crippen LogP contribution in [0.4, 0.5) is 5.69 Å². The van der Waals surface area contributed by atoms with Crippen LogP contribution < -0.4 is 15.4 Å². The summed E-state index contributed by atoms with van der Waals surface area (Å²) in [6.07, 6.45) is 5.39. The molecule has 32 heavy (non-hydrogen) atoms. The van der Waals surface area contributed by atoms with Crippen molar-refractivity contribution in [2.75, 3.05) is 18.4 Å². The van der Waals surface area contributed by atoms with Crippen molar-refractivity contribution in [2.45, 2.75) is 52.1 Å². The molecule has 1 atom stereocenters. The normalized spacial score (nSPS) is 14.8. The fraction of sp³-hybridized carbons (Fsp3) is 0.400. The minimum atomic E-state index is -0.325. The molecule has 170 valence electrons. The van der Waals surface area contributed by atoms with Crippen molar-refractivity contribution in [2.24, 2.45) is 0 Å². The number of likely N-dealkylation sites (tertiary alicyclic amines) is 1. The fourth-order valence-electron chi connectivity index (χ4n) is 3.55. The van der Waals surface area contributed by atoms with Gasteiger partial charge in [-0.1, -0.05) is 31.9 Å². The second-order valence-corrected chi connectivity index (χ2v) is 8.43. The number of anilines is 1. The van der Waals surface area contributed by atoms with E-state index in [9.17, 15) is 9.59 Å². The molecule has 2 N–H and O–H groups in total. The maximum atomic E-state index is 13.1. The van der Waals surface area contributed by atoms with Crippen molar-refractivity contribution < 1.29 is 14.3 Å². The van der Waals surface area contributed by atoms with Crippen LogP contribution in [0.15, 0.2) is 48.5 Å². The first-order valence-corrected chi connectivity index (χ1v) is 11.7. The van der Waals surface area contributed by atoms with E-state index in [0.717, 1.165) is 50.9 Å². The largest absolute Gasteiger partial charge is 0.491 e. The van der Waals surface area contributed by atoms with E-state index < -0.39 is 0 Å². The van der Waals surface area contributed by atoms with Crippen LogP contribution in [0.2, 0.25) is 0 Å². The SMILES string of the molecule is CCC(C)Oc1ccc(C(=O)NC(=S)Nc2ccccc2C(=O)N2CCCCCC2)cc1. The van der Waals surface area contributed by atoms with Gasteiger partial charge in [-0.25, -0.2) is 0 Å². The number of para-hydroxylation sites is 1. The zero-order valence-electron chi connectivity index (χ0n) is 18.7. The zero-order valence-corrected chi connectivity index (χ0v) is 19.5. The number of nitrogens with zero attached hydrogens (tertiary/aromatic N) is 1. The summed E-state index contributed by atoms with van der Waals surface area (Å²) in [5, 5.41) is 5.85. The molecule has 3 rings (SSSR count). The van der Waals surface area contributed by atoms with E-state index >= 15 is 0 Å². The molecule has 0 radical (unpaired) electrons. The maximum Gasteiger partial charge on any atom is 0.257 e. The summed E-state index contributed by atoms with van der Waals surface area (Å²) in [5.41, 5.74) is 1.61. The molecule has 6 nitrogen and oxygen atoms in total. The lowest BCUT2D eigenvalue weighted by Gasteiger charge is -2.22. The molecule has 0 aromatic heterocycles. The minimum absolute atomic E-state index is 0.0129. The van der Waals surface area contributed by atoms with Crippen LogP contribution >= 0.6 is 12.2 Å². The van der Waals surface area contributed by atoms with Crippen molar-refractivity contribution in [3.63, 3.8) is 0 Å². The van der Waals surface area contributed by atoms with Gasteiger partial charge in [-0.2, -0.15) is 0 Å². The van der Waals surface area contributed by atoms with Crippen molar-refractivity contribution in [3.05, 3.63) is 59.7 Å². The average Bonchev–Trinajstić information content (AvgIpc) is 3.09. The lowest BCUT2D eigenvalue weighted by atomic mass is 10.1. The maximum absolute atomic E-state index is 13.1. The first kappa shape index (κ1) is 23.7. The topological polar surface area (TPSA) is 70.7 Å². The number of amides is 2. The van der Waals surface area contributed by atoms with Crippen LogP contribution in [-0.4, -0.2) is 41.0 Å². The van der Waals surface area contributed by atoms with Crippen LogP contribution in [0.25, 0.3) is 0 Å². The van der Waals surface area contributed by atoms with Crippen molar-refractivity contribution >= 4 is 34.8 Å². The summed E-state index contributed by atoms with van der Waals surface area (Å²) >= 11 is 5.34. The number of hydrogen-bond acceptors (Lipinski definition) is 4. The molecule has 1 unspecified atom stereocenters. The second kappa shape index (κ2) is 11.6. The van der Waals surface area contributed by atoms with Gasteiger partial charge in [0.05, 0.1) is 17.4 Å². The monoisotopic (exact) mass is 453 g/mol. The number of carbonyl (C=O) groups is 2. The summed E-state index contributed by atoms with van der Waals surface area (Å²) in [6.45, 7) is 5.59. The highest BCUT2D eigenvalue weighted by Gasteiger charge is 2.20. The number of nitrogens with one attached hydrogen (secondary N) is 2. The fourth-order valence-corrected chi connectivity index (χ4v) is 3.75. The molecule has 2 amide bonds. The molecular weight excluding hydrogens is 422 g/mol. The van der Waals surface area contributed by atoms with Crippen LogP contribution in [0, 0.1) is 0 Å². The Bertz CT molecular complexity index is 938. The Morgan fingerprint density at radius 2 is 1.69 bits per heavy atom. The van der Waals surface area contributed by atoms with E-state index in [1.54, 1.807) is 36.4 Å². The van der Waals surface area contributed by atoms with E-state index in [4.69, 9.17) is 17.0 Å². The van der Waals surface area contributed by atoms with E-state index in [1.807, 2.05) is 24.0 Å². The standard InChI is InChI=1S/C25H31N3O3S/c1-3-18(2)31-20-14-12-19(13-15-20)23(29)27-25(32)26-22-11-7-6-10-21(22)24(30)28-16-8-4-5-9-17-28/h6-7,10-15,18H,3-5,8-9,16-17H2,1-2H3,(H2,26,27,29,32). The van der Waals surface area contributed by atoms with Gasteiger partial charge in [0, 0.05) is 18.7 Å². The van der Waals surface area contributed by atoms with Crippen LogP contribution in [0.1, 0.15) is 66.7 Å². The first-order valence-electron chi connectivity index (χ1n) is 11.2. The van der Waals surface area contributed by atoms with E-state index in [-0.39, 0.29) is 23.0 Å². The van der Waals surface area contributed by atoms with Gasteiger partial charge in [-0.3, -0.25) is 14.9 Å². The molecule has 2 aromatic carbocycles. The minimum Gasteiger partial charge on any atom is -0.491 e. The third-order valence-electron chi connectivity index (χ3n) is 5.55. The Labute approximate surface area is 195 Å². The molecule has 0 aliphatic carbocycles. The second-order valence-electron chi connectivity index (χ2n) is 8.02. The Balaban J connectivity index is 1.62. The Kier molecular flexibility index (Phi) is 8.62. The summed E-state index contributed by atoms with van der Waals surface area (Å²) in [5.74, 6) is 0.382. The number of ether oxygens (including phenoxy) is 1. The summed E-state index contributed by atoms with van der Waals surface area (Å²) in [4.78, 5) is 27.6. The van der Waals surface area contributed by atoms with E-state index in [2.05, 4.69) is 17.6 Å². The number of thiocarbonyl (C=S) groups is 1. The van der Waals surface area contributed by atoms with Gasteiger partial charge >= 0.3 is 0 Å². The van der Waals surface area contributed by atoms with Gasteiger partial charge in [0.15, 0.2) is 5.11 Å². The summed E-state index contributed by atoms with van der Waals surface area (Å²) < 4.78 is 5.75. The zero-order chi connectivity index (χ0) is 22.9. The van der Waals surface area contributed by atoms with Crippen LogP contribution in [-0.2, 0) is 0 Å². The quantitative estimate of drug-likeness (QED) is 0.602. The van der Waals surface area contributed by atoms with Gasteiger partial charge in [0.25, 0.3) is 11.8 Å². The third-order valence-corrected chi connectivity index (χ3v) is 5.76. The van der Waals surface area contributed by atoms with Gasteiger partial charge in [-0.05, 0) is 74.8 Å². The number of benzene rings is 2. The molecule has 7 heteroatoms. The summed E-state index contributed by atoms with van der Waals surface area (Å²) in [6, 6.07) is 14.2. The number of carbonyl (C=O) groups excluding carboxylic acids is 2. The van der Waals surface area contributed by atoms with Crippen molar-refractivity contribution in [1.29, 1.82) is 0 Å². The number of rotatable bonds is 6. The number of hydrogen-bond donors (Lipinski definition) is 2. The lowest BCUT2D eigenvalue weighted by molar-refractivity contribution is 0.0762. The first-order chi connectivity index (χ1) is 15.5. The molecule has 1 aliphatic heterocycles. The van der Waals surface area contributed by atoms with E-state index in [0.29, 0.717) is 16.8 Å². The molecule has 1 saturated heterocycles. The lowest BCUT2D eigenvalue weighted by Crippen LogP contribution is -2.36. The molecule has 0 saturated carbocycles. The Hall–Kier alpha value is -2.93. The van der Waals surface area contributed by atoms with Crippen molar-refractivity contribution in [3.8, 4) is 5.75 Å². The molecule has 0 spiro atoms. The van der Waals surface area contributed by atoms with Gasteiger partial charge in [0.2, 0.25) is 0 Å². The van der Waals surface area contributed by atoms with Gasteiger partial charge < -0.3 is 15.0 Å². The molecule has 1 fully saturated rings. The van der Waals surface area contributed by atoms with Crippen LogP contribution in [0.3, 0.4) is 0 Å². The van der Waals surface area contributed by atoms with Crippen molar-refractivity contribution in [1.82, 2.24) is 10.2 Å². The Morgan fingerprint density at radius 3 is 2.34 bits per heavy atom. The highest BCUT2D eigenvalue weighted by atomic mass is 32.1. The molecule has 2 aromatic rings. The predicted octanol–water partition coefficient (Wildman–Crippen LogP) is 5.01. The Morgan fingerprint density at radius 1 is 1.03 bits per heavy atom. The van der Waals surface area contributed by atoms with Gasteiger partial charge in [-0.15, -0.1) is 0 Å². The molecular formula is C25H31N3O3S. The smallest absolute Gasteiger partial charge is 0.257 e. The third kappa shape index (κ3) is 6.53. The molecule has 1 heterocycles. The predicted molar refractivity (Wildman–Crippen MR) is 131 cm³/mol. The molecule has 1 aliphatic rings. The highest BCUT2D eigenvalue weighted by molar-refractivity contribution is 7.80. The van der Waals surface area contributed by atoms with Gasteiger partial charge in [0.1, 0.15) is 5.75 Å². The molecule has 0 bridgehead atoms. The van der Waals surface area contributed by atoms with E-state index in [1.165, 1.54) is 0 Å². The summed E-state index contributed by atoms with van der Waals surface area (Å²) in [7, 11) is 0. The highest BCUT2D eigenvalue weighted by Crippen LogP contribution is 2.20.